The summed E-state index contributed by atoms with van der Waals surface area (Å²) in [5, 5.41) is 0. The van der Waals surface area contributed by atoms with Crippen molar-refractivity contribution in [3.05, 3.63) is 36.8 Å². The minimum Gasteiger partial charge on any atom is -0.493 e. The molecule has 0 N–H and O–H groups in total. The molecule has 12 heavy (non-hydrogen) atoms. The zero-order valence-electron chi connectivity index (χ0n) is 6.99. The third kappa shape index (κ3) is 2.00. The van der Waals surface area contributed by atoms with Gasteiger partial charge in [-0.2, -0.15) is 0 Å². The predicted octanol–water partition coefficient (Wildman–Crippen LogP) is 2.53. The summed E-state index contributed by atoms with van der Waals surface area (Å²) < 4.78 is 5.53. The Labute approximate surface area is 73.4 Å². The maximum absolute atomic E-state index is 5.54. The Hall–Kier alpha value is -0.980. The average Bonchev–Trinajstić information content (AvgIpc) is 2.87. The van der Waals surface area contributed by atoms with Gasteiger partial charge in [-0.25, -0.2) is 0 Å². The monoisotopic (exact) mass is 160 g/mol. The van der Waals surface area contributed by atoms with Crippen LogP contribution in [0.15, 0.2) is 24.3 Å². The van der Waals surface area contributed by atoms with Gasteiger partial charge in [0, 0.05) is 0 Å². The second kappa shape index (κ2) is 3.18. The van der Waals surface area contributed by atoms with Gasteiger partial charge in [0.1, 0.15) is 5.75 Å². The van der Waals surface area contributed by atoms with Crippen LogP contribution in [0.5, 0.6) is 5.75 Å². The van der Waals surface area contributed by atoms with E-state index in [0.29, 0.717) is 0 Å². The van der Waals surface area contributed by atoms with Gasteiger partial charge in [-0.05, 0) is 43.4 Å². The first kappa shape index (κ1) is 7.66. The molecule has 0 aliphatic heterocycles. The molecule has 1 aliphatic carbocycles. The highest BCUT2D eigenvalue weighted by molar-refractivity contribution is 5.28. The minimum absolute atomic E-state index is 0.786. The molecule has 1 saturated carbocycles. The molecule has 0 unspecified atom stereocenters. The Kier molecular flexibility index (Phi) is 2.03. The molecule has 0 atom stereocenters. The Morgan fingerprint density at radius 3 is 2.50 bits per heavy atom. The van der Waals surface area contributed by atoms with Gasteiger partial charge in [0.15, 0.2) is 0 Å². The Morgan fingerprint density at radius 2 is 1.92 bits per heavy atom. The van der Waals surface area contributed by atoms with Crippen molar-refractivity contribution in [1.82, 2.24) is 0 Å². The second-order valence-electron chi connectivity index (χ2n) is 3.32. The molecule has 1 aliphatic rings. The molecule has 0 bridgehead atoms. The lowest BCUT2D eigenvalue weighted by Gasteiger charge is -2.04. The van der Waals surface area contributed by atoms with E-state index in [1.807, 2.05) is 24.3 Å². The molecule has 1 heteroatoms. The van der Waals surface area contributed by atoms with E-state index in [1.165, 1.54) is 12.8 Å². The summed E-state index contributed by atoms with van der Waals surface area (Å²) in [5.41, 5.74) is 0.786. The largest absolute Gasteiger partial charge is 0.493 e. The van der Waals surface area contributed by atoms with Gasteiger partial charge < -0.3 is 4.74 Å². The van der Waals surface area contributed by atoms with Gasteiger partial charge in [-0.1, -0.05) is 12.1 Å². The molecule has 0 aromatic heterocycles. The van der Waals surface area contributed by atoms with Crippen molar-refractivity contribution < 1.29 is 4.74 Å². The maximum Gasteiger partial charge on any atom is 0.119 e. The Bertz CT molecular complexity index is 246. The van der Waals surface area contributed by atoms with Crippen molar-refractivity contribution in [3.63, 3.8) is 0 Å². The highest BCUT2D eigenvalue weighted by atomic mass is 16.5. The van der Waals surface area contributed by atoms with Gasteiger partial charge in [-0.15, -0.1) is 0 Å². The molecule has 0 saturated heterocycles. The van der Waals surface area contributed by atoms with E-state index in [2.05, 4.69) is 0 Å². The molecule has 1 fully saturated rings. The predicted molar refractivity (Wildman–Crippen MR) is 48.1 cm³/mol. The third-order valence-corrected chi connectivity index (χ3v) is 2.06. The van der Waals surface area contributed by atoms with Gasteiger partial charge in [0.2, 0.25) is 0 Å². The minimum atomic E-state index is 0.786. The highest BCUT2D eigenvalue weighted by Gasteiger charge is 2.21. The van der Waals surface area contributed by atoms with Crippen LogP contribution in [0.1, 0.15) is 18.4 Å². The van der Waals surface area contributed by atoms with E-state index in [1.54, 1.807) is 0 Å². The van der Waals surface area contributed by atoms with E-state index < -0.39 is 0 Å². The third-order valence-electron chi connectivity index (χ3n) is 2.06. The lowest BCUT2D eigenvalue weighted by molar-refractivity contribution is 0.300. The van der Waals surface area contributed by atoms with Crippen LogP contribution in [0.2, 0.25) is 0 Å². The zero-order chi connectivity index (χ0) is 8.39. The fourth-order valence-corrected chi connectivity index (χ4v) is 1.06. The van der Waals surface area contributed by atoms with Crippen LogP contribution in [0.4, 0.5) is 0 Å². The maximum atomic E-state index is 5.54. The van der Waals surface area contributed by atoms with Crippen LogP contribution in [0.25, 0.3) is 0 Å². The molecular formula is C11H12O. The summed E-state index contributed by atoms with van der Waals surface area (Å²) in [6.45, 7) is 6.40. The van der Waals surface area contributed by atoms with Gasteiger partial charge in [0.05, 0.1) is 6.61 Å². The molecule has 0 spiro atoms. The fourth-order valence-electron chi connectivity index (χ4n) is 1.06. The van der Waals surface area contributed by atoms with E-state index in [9.17, 15) is 0 Å². The SMILES string of the molecule is [CH]c1ccc(OCC2CC2)cc1. The second-order valence-corrected chi connectivity index (χ2v) is 3.32. The molecule has 0 amide bonds. The topological polar surface area (TPSA) is 9.23 Å². The summed E-state index contributed by atoms with van der Waals surface area (Å²) in [4.78, 5) is 0. The first-order valence-electron chi connectivity index (χ1n) is 4.33. The van der Waals surface area contributed by atoms with Gasteiger partial charge in [0.25, 0.3) is 0 Å². The summed E-state index contributed by atoms with van der Waals surface area (Å²) in [5.74, 6) is 1.73. The molecule has 0 heterocycles. The van der Waals surface area contributed by atoms with Gasteiger partial charge >= 0.3 is 0 Å². The van der Waals surface area contributed by atoms with Crippen LogP contribution >= 0.6 is 0 Å². The zero-order valence-corrected chi connectivity index (χ0v) is 6.99. The smallest absolute Gasteiger partial charge is 0.119 e. The average molecular weight is 160 g/mol. The van der Waals surface area contributed by atoms with Crippen molar-refractivity contribution >= 4 is 0 Å². The van der Waals surface area contributed by atoms with Crippen LogP contribution < -0.4 is 4.74 Å². The summed E-state index contributed by atoms with van der Waals surface area (Å²) in [6.07, 6.45) is 2.66. The van der Waals surface area contributed by atoms with Crippen molar-refractivity contribution in [2.75, 3.05) is 6.61 Å². The number of benzene rings is 1. The standard InChI is InChI=1S/C11H12O/c1-9-2-6-11(7-3-9)12-8-10-4-5-10/h1-3,6-7,10H,4-5,8H2. The molecule has 2 radical (unpaired) electrons. The van der Waals surface area contributed by atoms with Crippen molar-refractivity contribution in [1.29, 1.82) is 0 Å². The molecule has 1 aromatic carbocycles. The highest BCUT2D eigenvalue weighted by Crippen LogP contribution is 2.29. The fraction of sp³-hybridized carbons (Fsp3) is 0.364. The quantitative estimate of drug-likeness (QED) is 0.660. The van der Waals surface area contributed by atoms with Crippen molar-refractivity contribution in [2.24, 2.45) is 5.92 Å². The van der Waals surface area contributed by atoms with Crippen LogP contribution in [-0.2, 0) is 0 Å². The summed E-state index contributed by atoms with van der Waals surface area (Å²) >= 11 is 0. The van der Waals surface area contributed by atoms with Crippen LogP contribution in [0, 0.1) is 12.8 Å². The molecule has 62 valence electrons. The number of ether oxygens (including phenoxy) is 1. The van der Waals surface area contributed by atoms with Gasteiger partial charge in [-0.3, -0.25) is 0 Å². The summed E-state index contributed by atoms with van der Waals surface area (Å²) in [6, 6.07) is 7.56. The number of rotatable bonds is 3. The van der Waals surface area contributed by atoms with Crippen molar-refractivity contribution in [2.45, 2.75) is 12.8 Å². The van der Waals surface area contributed by atoms with Crippen LogP contribution in [-0.4, -0.2) is 6.61 Å². The Balaban J connectivity index is 1.89. The van der Waals surface area contributed by atoms with E-state index >= 15 is 0 Å². The molecule has 1 nitrogen and oxygen atoms in total. The number of hydrogen-bond acceptors (Lipinski definition) is 1. The summed E-state index contributed by atoms with van der Waals surface area (Å²) in [7, 11) is 0. The molecule has 1 aromatic rings. The first-order chi connectivity index (χ1) is 5.84. The Morgan fingerprint density at radius 1 is 1.25 bits per heavy atom. The molecule has 2 rings (SSSR count). The lowest BCUT2D eigenvalue weighted by atomic mass is 10.2. The number of hydrogen-bond donors (Lipinski definition) is 0. The van der Waals surface area contributed by atoms with Crippen molar-refractivity contribution in [3.8, 4) is 5.75 Å². The first-order valence-corrected chi connectivity index (χ1v) is 4.33. The molecular weight excluding hydrogens is 148 g/mol. The van der Waals surface area contributed by atoms with E-state index in [-0.39, 0.29) is 0 Å². The normalized spacial score (nSPS) is 16.1. The van der Waals surface area contributed by atoms with E-state index in [4.69, 9.17) is 11.7 Å². The lowest BCUT2D eigenvalue weighted by Crippen LogP contribution is -1.98. The van der Waals surface area contributed by atoms with Crippen LogP contribution in [0.3, 0.4) is 0 Å². The van der Waals surface area contributed by atoms with E-state index in [0.717, 1.165) is 23.8 Å².